The van der Waals surface area contributed by atoms with Gasteiger partial charge in [0.05, 0.1) is 3.79 Å². The Morgan fingerprint density at radius 3 is 3.31 bits per heavy atom. The molecule has 0 saturated carbocycles. The molecule has 1 aliphatic rings. The van der Waals surface area contributed by atoms with Crippen LogP contribution in [0.5, 0.6) is 0 Å². The van der Waals surface area contributed by atoms with E-state index in [-0.39, 0.29) is 0 Å². The average molecular weight is 260 g/mol. The highest BCUT2D eigenvalue weighted by Gasteiger charge is 2.21. The largest absolute Gasteiger partial charge is 0.310 e. The lowest BCUT2D eigenvalue weighted by Gasteiger charge is -2.22. The summed E-state index contributed by atoms with van der Waals surface area (Å²) < 4.78 is 1.28. The maximum atomic E-state index is 3.56. The third-order valence-corrected chi connectivity index (χ3v) is 4.25. The van der Waals surface area contributed by atoms with E-state index in [0.29, 0.717) is 6.04 Å². The van der Waals surface area contributed by atoms with Gasteiger partial charge in [-0.1, -0.05) is 6.92 Å². The molecule has 1 unspecified atom stereocenters. The first-order valence-corrected chi connectivity index (χ1v) is 6.43. The standard InChI is InChI=1S/C10H14BrNS/c1-2-12-8-4-3-5-9-7(8)6-10(11)13-9/h6,8,12H,2-5H2,1H3. The molecule has 2 rings (SSSR count). The highest BCUT2D eigenvalue weighted by atomic mass is 79.9. The molecule has 72 valence electrons. The molecule has 0 aliphatic heterocycles. The van der Waals surface area contributed by atoms with Gasteiger partial charge >= 0.3 is 0 Å². The van der Waals surface area contributed by atoms with E-state index in [1.54, 1.807) is 4.88 Å². The van der Waals surface area contributed by atoms with E-state index in [1.807, 2.05) is 11.3 Å². The molecule has 0 fully saturated rings. The molecule has 1 atom stereocenters. The van der Waals surface area contributed by atoms with Gasteiger partial charge in [-0.05, 0) is 53.4 Å². The summed E-state index contributed by atoms with van der Waals surface area (Å²) in [6, 6.07) is 2.89. The van der Waals surface area contributed by atoms with E-state index in [4.69, 9.17) is 0 Å². The van der Waals surface area contributed by atoms with E-state index in [1.165, 1.54) is 28.6 Å². The fraction of sp³-hybridized carbons (Fsp3) is 0.600. The molecule has 1 nitrogen and oxygen atoms in total. The second kappa shape index (κ2) is 4.11. The third-order valence-electron chi connectivity index (χ3n) is 2.53. The Kier molecular flexibility index (Phi) is 3.06. The van der Waals surface area contributed by atoms with Gasteiger partial charge in [-0.25, -0.2) is 0 Å². The van der Waals surface area contributed by atoms with Crippen LogP contribution in [0.2, 0.25) is 0 Å². The Balaban J connectivity index is 2.25. The first-order valence-electron chi connectivity index (χ1n) is 4.82. The predicted octanol–water partition coefficient (Wildman–Crippen LogP) is 3.50. The van der Waals surface area contributed by atoms with Crippen LogP contribution < -0.4 is 5.32 Å². The van der Waals surface area contributed by atoms with Crippen LogP contribution in [0.4, 0.5) is 0 Å². The monoisotopic (exact) mass is 259 g/mol. The smallest absolute Gasteiger partial charge is 0.0704 e. The number of thiophene rings is 1. The van der Waals surface area contributed by atoms with Crippen molar-refractivity contribution < 1.29 is 0 Å². The predicted molar refractivity (Wildman–Crippen MR) is 61.4 cm³/mol. The van der Waals surface area contributed by atoms with Gasteiger partial charge in [-0.3, -0.25) is 0 Å². The lowest BCUT2D eigenvalue weighted by Crippen LogP contribution is -2.23. The zero-order chi connectivity index (χ0) is 9.26. The number of halogens is 1. The molecule has 0 bridgehead atoms. The van der Waals surface area contributed by atoms with Crippen LogP contribution in [0.1, 0.15) is 36.2 Å². The molecule has 0 saturated heterocycles. The van der Waals surface area contributed by atoms with Crippen molar-refractivity contribution in [2.45, 2.75) is 32.2 Å². The highest BCUT2D eigenvalue weighted by molar-refractivity contribution is 9.11. The minimum atomic E-state index is 0.608. The van der Waals surface area contributed by atoms with Crippen molar-refractivity contribution in [3.63, 3.8) is 0 Å². The molecular formula is C10H14BrNS. The topological polar surface area (TPSA) is 12.0 Å². The summed E-state index contributed by atoms with van der Waals surface area (Å²) in [6.07, 6.45) is 3.90. The molecule has 0 spiro atoms. The van der Waals surface area contributed by atoms with Gasteiger partial charge in [0.25, 0.3) is 0 Å². The zero-order valence-corrected chi connectivity index (χ0v) is 10.2. The van der Waals surface area contributed by atoms with E-state index < -0.39 is 0 Å². The van der Waals surface area contributed by atoms with Crippen molar-refractivity contribution in [2.24, 2.45) is 0 Å². The first-order chi connectivity index (χ1) is 6.31. The summed E-state index contributed by atoms with van der Waals surface area (Å²) in [5.41, 5.74) is 1.53. The fourth-order valence-electron chi connectivity index (χ4n) is 1.98. The number of hydrogen-bond donors (Lipinski definition) is 1. The Hall–Kier alpha value is 0.140. The molecular weight excluding hydrogens is 246 g/mol. The SMILES string of the molecule is CCNC1CCCc2sc(Br)cc21. The average Bonchev–Trinajstić information content (AvgIpc) is 2.47. The Morgan fingerprint density at radius 1 is 1.69 bits per heavy atom. The second-order valence-corrected chi connectivity index (χ2v) is 5.95. The van der Waals surface area contributed by atoms with E-state index in [2.05, 4.69) is 34.2 Å². The molecule has 3 heteroatoms. The summed E-state index contributed by atoms with van der Waals surface area (Å²) in [7, 11) is 0. The number of rotatable bonds is 2. The minimum Gasteiger partial charge on any atom is -0.310 e. The van der Waals surface area contributed by atoms with Crippen LogP contribution in [-0.4, -0.2) is 6.54 Å². The molecule has 1 heterocycles. The number of hydrogen-bond acceptors (Lipinski definition) is 2. The van der Waals surface area contributed by atoms with Gasteiger partial charge in [0.15, 0.2) is 0 Å². The molecule has 1 N–H and O–H groups in total. The summed E-state index contributed by atoms with van der Waals surface area (Å²) in [6.45, 7) is 3.24. The van der Waals surface area contributed by atoms with Crippen molar-refractivity contribution in [3.05, 3.63) is 20.3 Å². The molecule has 0 amide bonds. The molecule has 1 aromatic rings. The van der Waals surface area contributed by atoms with Crippen molar-refractivity contribution in [2.75, 3.05) is 6.54 Å². The van der Waals surface area contributed by atoms with Gasteiger partial charge in [0.1, 0.15) is 0 Å². The lowest BCUT2D eigenvalue weighted by molar-refractivity contribution is 0.476. The molecule has 0 radical (unpaired) electrons. The number of aryl methyl sites for hydroxylation is 1. The van der Waals surface area contributed by atoms with Crippen molar-refractivity contribution in [1.82, 2.24) is 5.32 Å². The molecule has 0 aromatic carbocycles. The van der Waals surface area contributed by atoms with Gasteiger partial charge in [0.2, 0.25) is 0 Å². The second-order valence-electron chi connectivity index (χ2n) is 3.43. The Bertz CT molecular complexity index is 295. The van der Waals surface area contributed by atoms with Crippen LogP contribution in [0, 0.1) is 0 Å². The first kappa shape index (κ1) is 9.69. The summed E-state index contributed by atoms with van der Waals surface area (Å²) in [5, 5.41) is 3.54. The van der Waals surface area contributed by atoms with Crippen molar-refractivity contribution in [3.8, 4) is 0 Å². The highest BCUT2D eigenvalue weighted by Crippen LogP contribution is 2.37. The maximum Gasteiger partial charge on any atom is 0.0704 e. The van der Waals surface area contributed by atoms with Gasteiger partial charge < -0.3 is 5.32 Å². The van der Waals surface area contributed by atoms with E-state index in [9.17, 15) is 0 Å². The van der Waals surface area contributed by atoms with Crippen LogP contribution in [0.15, 0.2) is 9.85 Å². The van der Waals surface area contributed by atoms with Crippen LogP contribution in [0.3, 0.4) is 0 Å². The van der Waals surface area contributed by atoms with E-state index in [0.717, 1.165) is 6.54 Å². The minimum absolute atomic E-state index is 0.608. The number of fused-ring (bicyclic) bond motifs is 1. The summed E-state index contributed by atoms with van der Waals surface area (Å²) in [4.78, 5) is 1.57. The van der Waals surface area contributed by atoms with Gasteiger partial charge in [0, 0.05) is 10.9 Å². The van der Waals surface area contributed by atoms with Crippen LogP contribution in [0.25, 0.3) is 0 Å². The summed E-state index contributed by atoms with van der Waals surface area (Å²) >= 11 is 5.46. The Morgan fingerprint density at radius 2 is 2.54 bits per heavy atom. The van der Waals surface area contributed by atoms with Gasteiger partial charge in [-0.15, -0.1) is 11.3 Å². The zero-order valence-electron chi connectivity index (χ0n) is 7.77. The fourth-order valence-corrected chi connectivity index (χ4v) is 3.80. The van der Waals surface area contributed by atoms with Crippen LogP contribution in [-0.2, 0) is 6.42 Å². The summed E-state index contributed by atoms with van der Waals surface area (Å²) in [5.74, 6) is 0. The maximum absolute atomic E-state index is 3.56. The van der Waals surface area contributed by atoms with Crippen LogP contribution >= 0.6 is 27.3 Å². The third kappa shape index (κ3) is 1.97. The van der Waals surface area contributed by atoms with E-state index >= 15 is 0 Å². The van der Waals surface area contributed by atoms with Crippen molar-refractivity contribution in [1.29, 1.82) is 0 Å². The molecule has 1 aromatic heterocycles. The van der Waals surface area contributed by atoms with Crippen molar-refractivity contribution >= 4 is 27.3 Å². The Labute approximate surface area is 91.7 Å². The quantitative estimate of drug-likeness (QED) is 0.858. The number of nitrogens with one attached hydrogen (secondary N) is 1. The van der Waals surface area contributed by atoms with Gasteiger partial charge in [-0.2, -0.15) is 0 Å². The molecule has 13 heavy (non-hydrogen) atoms. The lowest BCUT2D eigenvalue weighted by atomic mass is 9.94. The molecule has 1 aliphatic carbocycles. The normalized spacial score (nSPS) is 21.5.